The molecule has 3 aromatic rings. The van der Waals surface area contributed by atoms with Gasteiger partial charge in [-0.15, -0.1) is 0 Å². The number of hydrogen-bond acceptors (Lipinski definition) is 4. The molecule has 0 radical (unpaired) electrons. The number of benzene rings is 1. The molecule has 1 aliphatic heterocycles. The number of amides is 1. The molecule has 0 N–H and O–H groups in total. The number of likely N-dealkylation sites (tertiary alicyclic amines) is 1. The summed E-state index contributed by atoms with van der Waals surface area (Å²) in [5.41, 5.74) is 1.38. The number of furan rings is 1. The predicted octanol–water partition coefficient (Wildman–Crippen LogP) is 4.57. The SMILES string of the molecule is O=C(c1cc(-c2ccco2)on1)N1CCC[C@H]1c1ccc(Cl)cc1. The van der Waals surface area contributed by atoms with Gasteiger partial charge in [-0.3, -0.25) is 4.79 Å². The monoisotopic (exact) mass is 342 g/mol. The minimum absolute atomic E-state index is 0.0403. The second kappa shape index (κ2) is 6.17. The van der Waals surface area contributed by atoms with Gasteiger partial charge >= 0.3 is 0 Å². The Kier molecular flexibility index (Phi) is 3.86. The highest BCUT2D eigenvalue weighted by molar-refractivity contribution is 6.30. The fourth-order valence-corrected chi connectivity index (χ4v) is 3.23. The molecule has 5 nitrogen and oxygen atoms in total. The molecule has 0 bridgehead atoms. The highest BCUT2D eigenvalue weighted by atomic mass is 35.5. The van der Waals surface area contributed by atoms with E-state index in [1.807, 2.05) is 29.2 Å². The van der Waals surface area contributed by atoms with Crippen LogP contribution in [0.1, 0.15) is 34.9 Å². The lowest BCUT2D eigenvalue weighted by Crippen LogP contribution is -2.30. The molecule has 6 heteroatoms. The Labute approximate surface area is 143 Å². The third-order valence-corrected chi connectivity index (χ3v) is 4.51. The zero-order chi connectivity index (χ0) is 16.5. The van der Waals surface area contributed by atoms with Crippen LogP contribution in [-0.2, 0) is 0 Å². The van der Waals surface area contributed by atoms with Crippen molar-refractivity contribution in [1.29, 1.82) is 0 Å². The van der Waals surface area contributed by atoms with E-state index in [-0.39, 0.29) is 11.9 Å². The summed E-state index contributed by atoms with van der Waals surface area (Å²) in [5.74, 6) is 0.872. The highest BCUT2D eigenvalue weighted by Crippen LogP contribution is 2.34. The van der Waals surface area contributed by atoms with Crippen molar-refractivity contribution in [1.82, 2.24) is 10.1 Å². The Morgan fingerprint density at radius 2 is 2.04 bits per heavy atom. The van der Waals surface area contributed by atoms with Crippen molar-refractivity contribution in [3.05, 3.63) is 65.0 Å². The maximum absolute atomic E-state index is 12.8. The van der Waals surface area contributed by atoms with Crippen molar-refractivity contribution < 1.29 is 13.7 Å². The summed E-state index contributed by atoms with van der Waals surface area (Å²) in [6, 6.07) is 12.8. The van der Waals surface area contributed by atoms with Crippen molar-refractivity contribution in [3.63, 3.8) is 0 Å². The Morgan fingerprint density at radius 3 is 2.79 bits per heavy atom. The Morgan fingerprint density at radius 1 is 1.21 bits per heavy atom. The maximum atomic E-state index is 12.8. The van der Waals surface area contributed by atoms with E-state index in [9.17, 15) is 4.79 Å². The van der Waals surface area contributed by atoms with Gasteiger partial charge in [-0.2, -0.15) is 0 Å². The van der Waals surface area contributed by atoms with E-state index in [0.29, 0.717) is 28.8 Å². The molecule has 1 fully saturated rings. The van der Waals surface area contributed by atoms with Crippen molar-refractivity contribution >= 4 is 17.5 Å². The summed E-state index contributed by atoms with van der Waals surface area (Å²) in [5, 5.41) is 4.60. The number of carbonyl (C=O) groups is 1. The van der Waals surface area contributed by atoms with E-state index < -0.39 is 0 Å². The first kappa shape index (κ1) is 15.0. The summed E-state index contributed by atoms with van der Waals surface area (Å²) < 4.78 is 10.5. The number of rotatable bonds is 3. The van der Waals surface area contributed by atoms with E-state index in [1.165, 1.54) is 0 Å². The fourth-order valence-electron chi connectivity index (χ4n) is 3.10. The Balaban J connectivity index is 1.58. The number of carbonyl (C=O) groups excluding carboxylic acids is 1. The molecule has 0 aliphatic carbocycles. The molecule has 0 unspecified atom stereocenters. The second-order valence-corrected chi connectivity index (χ2v) is 6.20. The van der Waals surface area contributed by atoms with Gasteiger partial charge in [0.1, 0.15) is 0 Å². The summed E-state index contributed by atoms with van der Waals surface area (Å²) in [4.78, 5) is 14.7. The van der Waals surface area contributed by atoms with Crippen molar-refractivity contribution in [2.75, 3.05) is 6.54 Å². The molecule has 1 saturated heterocycles. The normalized spacial score (nSPS) is 17.4. The quantitative estimate of drug-likeness (QED) is 0.699. The zero-order valence-electron chi connectivity index (χ0n) is 12.8. The molecular formula is C18H15ClN2O3. The number of aromatic nitrogens is 1. The lowest BCUT2D eigenvalue weighted by molar-refractivity contribution is 0.0725. The second-order valence-electron chi connectivity index (χ2n) is 5.76. The van der Waals surface area contributed by atoms with Gasteiger partial charge in [0.05, 0.1) is 12.3 Å². The van der Waals surface area contributed by atoms with Crippen LogP contribution in [0, 0.1) is 0 Å². The van der Waals surface area contributed by atoms with Crippen molar-refractivity contribution in [2.45, 2.75) is 18.9 Å². The van der Waals surface area contributed by atoms with E-state index in [4.69, 9.17) is 20.5 Å². The van der Waals surface area contributed by atoms with Gasteiger partial charge in [-0.25, -0.2) is 0 Å². The summed E-state index contributed by atoms with van der Waals surface area (Å²) in [6.07, 6.45) is 3.44. The van der Waals surface area contributed by atoms with Crippen LogP contribution in [0.15, 0.2) is 57.7 Å². The van der Waals surface area contributed by atoms with Gasteiger partial charge in [0, 0.05) is 17.6 Å². The topological polar surface area (TPSA) is 59.5 Å². The fraction of sp³-hybridized carbons (Fsp3) is 0.222. The minimum atomic E-state index is -0.131. The standard InChI is InChI=1S/C18H15ClN2O3/c19-13-7-5-12(6-8-13)15-3-1-9-21(15)18(22)14-11-17(24-20-14)16-4-2-10-23-16/h2,4-8,10-11,15H,1,3,9H2/t15-/m0/s1. The molecule has 0 spiro atoms. The first-order valence-electron chi connectivity index (χ1n) is 7.79. The van der Waals surface area contributed by atoms with Crippen LogP contribution in [-0.4, -0.2) is 22.5 Å². The smallest absolute Gasteiger partial charge is 0.276 e. The maximum Gasteiger partial charge on any atom is 0.276 e. The van der Waals surface area contributed by atoms with Gasteiger partial charge in [0.15, 0.2) is 11.5 Å². The third-order valence-electron chi connectivity index (χ3n) is 4.26. The largest absolute Gasteiger partial charge is 0.461 e. The highest BCUT2D eigenvalue weighted by Gasteiger charge is 2.32. The molecular weight excluding hydrogens is 328 g/mol. The van der Waals surface area contributed by atoms with Crippen LogP contribution >= 0.6 is 11.6 Å². The average molecular weight is 343 g/mol. The number of halogens is 1. The van der Waals surface area contributed by atoms with Crippen LogP contribution in [0.2, 0.25) is 5.02 Å². The summed E-state index contributed by atoms with van der Waals surface area (Å²) in [7, 11) is 0. The van der Waals surface area contributed by atoms with Gasteiger partial charge in [0.2, 0.25) is 5.76 Å². The van der Waals surface area contributed by atoms with Gasteiger partial charge in [0.25, 0.3) is 5.91 Å². The Bertz CT molecular complexity index is 840. The van der Waals surface area contributed by atoms with E-state index in [0.717, 1.165) is 18.4 Å². The first-order valence-corrected chi connectivity index (χ1v) is 8.17. The van der Waals surface area contributed by atoms with Crippen LogP contribution in [0.3, 0.4) is 0 Å². The summed E-state index contributed by atoms with van der Waals surface area (Å²) >= 11 is 5.95. The number of hydrogen-bond donors (Lipinski definition) is 0. The molecule has 1 atom stereocenters. The van der Waals surface area contributed by atoms with Crippen LogP contribution in [0.4, 0.5) is 0 Å². The first-order chi connectivity index (χ1) is 11.7. The average Bonchev–Trinajstić information content (AvgIpc) is 3.34. The van der Waals surface area contributed by atoms with Gasteiger partial charge in [-0.1, -0.05) is 28.9 Å². The number of nitrogens with zero attached hydrogens (tertiary/aromatic N) is 2. The lowest BCUT2D eigenvalue weighted by Gasteiger charge is -2.24. The molecule has 1 aromatic carbocycles. The third kappa shape index (κ3) is 2.71. The predicted molar refractivity (Wildman–Crippen MR) is 88.7 cm³/mol. The lowest BCUT2D eigenvalue weighted by atomic mass is 10.0. The minimum Gasteiger partial charge on any atom is -0.461 e. The Hall–Kier alpha value is -2.53. The molecule has 2 aromatic heterocycles. The van der Waals surface area contributed by atoms with Crippen molar-refractivity contribution in [3.8, 4) is 11.5 Å². The van der Waals surface area contributed by atoms with E-state index in [2.05, 4.69) is 5.16 Å². The van der Waals surface area contributed by atoms with E-state index in [1.54, 1.807) is 24.5 Å². The summed E-state index contributed by atoms with van der Waals surface area (Å²) in [6.45, 7) is 0.703. The molecule has 0 saturated carbocycles. The molecule has 122 valence electrons. The molecule has 1 amide bonds. The van der Waals surface area contributed by atoms with E-state index >= 15 is 0 Å². The zero-order valence-corrected chi connectivity index (χ0v) is 13.6. The van der Waals surface area contributed by atoms with Gasteiger partial charge < -0.3 is 13.8 Å². The van der Waals surface area contributed by atoms with Crippen LogP contribution in [0.25, 0.3) is 11.5 Å². The molecule has 24 heavy (non-hydrogen) atoms. The molecule has 4 rings (SSSR count). The van der Waals surface area contributed by atoms with Crippen molar-refractivity contribution in [2.24, 2.45) is 0 Å². The van der Waals surface area contributed by atoms with Crippen LogP contribution in [0.5, 0.6) is 0 Å². The van der Waals surface area contributed by atoms with Gasteiger partial charge in [-0.05, 0) is 42.7 Å². The molecule has 1 aliphatic rings. The van der Waals surface area contributed by atoms with Crippen LogP contribution < -0.4 is 0 Å². The molecule has 3 heterocycles.